The average Bonchev–Trinajstić information content (AvgIpc) is 3.26. The Morgan fingerprint density at radius 2 is 1.51 bits per heavy atom. The van der Waals surface area contributed by atoms with Crippen LogP contribution in [0.25, 0.3) is 0 Å². The van der Waals surface area contributed by atoms with Gasteiger partial charge in [0.1, 0.15) is 12.5 Å². The maximum Gasteiger partial charge on any atom is 0.305 e. The number of ketones is 1. The van der Waals surface area contributed by atoms with E-state index in [1.165, 1.54) is 0 Å². The highest BCUT2D eigenvalue weighted by Crippen LogP contribution is 2.45. The molecule has 0 spiro atoms. The van der Waals surface area contributed by atoms with E-state index in [1.807, 2.05) is 87.5 Å². The molecule has 1 N–H and O–H groups in total. The monoisotopic (exact) mass is 949 g/mol. The average molecular weight is 949 g/mol. The van der Waals surface area contributed by atoms with E-state index >= 15 is 0 Å². The van der Waals surface area contributed by atoms with Crippen molar-refractivity contribution in [3.05, 3.63) is 102 Å². The number of hydrogen-bond donors (Lipinski definition) is 1. The molecule has 372 valence electrons. The first-order chi connectivity index (χ1) is 31.6. The second kappa shape index (κ2) is 24.4. The molecule has 0 radical (unpaired) electrons. The van der Waals surface area contributed by atoms with Crippen LogP contribution in [-0.2, 0) is 60.4 Å². The summed E-state index contributed by atoms with van der Waals surface area (Å²) in [6, 6.07) is 17.5. The molecule has 3 heterocycles. The zero-order chi connectivity index (χ0) is 49.0. The van der Waals surface area contributed by atoms with Gasteiger partial charge in [-0.25, -0.2) is 0 Å². The summed E-state index contributed by atoms with van der Waals surface area (Å²) in [7, 11) is 0.913. The lowest BCUT2D eigenvalue weighted by Crippen LogP contribution is -2.59. The highest BCUT2D eigenvalue weighted by atomic mass is 28.4. The SMILES string of the molecule is C=C1C[C@H](C[C@@H]2CC(=C)C[C@H](C=CC(C)(C)[C@@]3(OC)O[C@H](C[C@@H](O[Si](C)(C)C(C)(C)C)[C@@H](C)OCOCc4ccccc4)CCC3=O)O2)O[C@H](C[C@H](CC(=O)O)OCc2ccc(OC)cc2)C1. The number of carboxylic acids is 1. The summed E-state index contributed by atoms with van der Waals surface area (Å²) in [6.07, 6.45) is 6.67. The van der Waals surface area contributed by atoms with Gasteiger partial charge in [-0.05, 0) is 80.4 Å². The van der Waals surface area contributed by atoms with Crippen LogP contribution in [0, 0.1) is 5.41 Å². The van der Waals surface area contributed by atoms with Gasteiger partial charge in [0.2, 0.25) is 5.79 Å². The molecule has 3 aliphatic rings. The number of aliphatic carboxylic acids is 1. The second-order valence-electron chi connectivity index (χ2n) is 20.9. The third kappa shape index (κ3) is 15.8. The first kappa shape index (κ1) is 54.4. The fourth-order valence-corrected chi connectivity index (χ4v) is 10.5. The minimum atomic E-state index is -2.25. The van der Waals surface area contributed by atoms with Crippen LogP contribution in [0.15, 0.2) is 91.1 Å². The molecule has 3 fully saturated rings. The Labute approximate surface area is 401 Å². The van der Waals surface area contributed by atoms with E-state index in [9.17, 15) is 14.7 Å². The molecule has 12 nitrogen and oxygen atoms in total. The van der Waals surface area contributed by atoms with Crippen molar-refractivity contribution in [2.45, 2.75) is 192 Å². The molecule has 2 aromatic rings. The van der Waals surface area contributed by atoms with Gasteiger partial charge in [-0.2, -0.15) is 0 Å². The van der Waals surface area contributed by atoms with E-state index in [0.717, 1.165) is 28.0 Å². The molecule has 0 amide bonds. The third-order valence-corrected chi connectivity index (χ3v) is 18.4. The lowest BCUT2D eigenvalue weighted by atomic mass is 9.76. The minimum absolute atomic E-state index is 0.0330. The molecule has 0 unspecified atom stereocenters. The summed E-state index contributed by atoms with van der Waals surface area (Å²) in [5.41, 5.74) is 3.26. The van der Waals surface area contributed by atoms with Gasteiger partial charge < -0.3 is 47.4 Å². The lowest BCUT2D eigenvalue weighted by molar-refractivity contribution is -0.285. The van der Waals surface area contributed by atoms with Crippen LogP contribution in [0.2, 0.25) is 18.1 Å². The number of carboxylic acid groups (broad SMARTS) is 1. The van der Waals surface area contributed by atoms with E-state index in [0.29, 0.717) is 64.4 Å². The van der Waals surface area contributed by atoms with Crippen molar-refractivity contribution in [3.8, 4) is 5.75 Å². The topological polar surface area (TPSA) is 137 Å². The van der Waals surface area contributed by atoms with E-state index in [1.54, 1.807) is 14.2 Å². The molecule has 13 heteroatoms. The van der Waals surface area contributed by atoms with Crippen molar-refractivity contribution >= 4 is 20.1 Å². The van der Waals surface area contributed by atoms with E-state index in [-0.39, 0.29) is 73.4 Å². The lowest BCUT2D eigenvalue weighted by Gasteiger charge is -2.48. The standard InChI is InChI=1S/C54H80O12Si/c1-37-26-43(63-47(27-37)31-48-29-38(2)28-46(64-48)30-45(33-51(56)57)61-35-41-18-20-42(58-9)21-19-41)24-25-53(7,8)54(59-10)50(55)23-22-44(65-54)32-49(66-67(11,12)52(4,5)6)39(3)62-36-60-34-40-16-14-13-15-17-40/h13-21,24-25,39,43-49H,1-2,22-23,26-36H2,3-12H3,(H,56,57)/t39-,43+,44+,45-,46+,47+,48-,49-,54+/m1/s1. The van der Waals surface area contributed by atoms with Crippen LogP contribution in [0.5, 0.6) is 5.75 Å². The second-order valence-corrected chi connectivity index (χ2v) is 25.7. The van der Waals surface area contributed by atoms with Crippen LogP contribution in [0.3, 0.4) is 0 Å². The molecule has 0 bridgehead atoms. The maximum absolute atomic E-state index is 14.0. The zero-order valence-corrected chi connectivity index (χ0v) is 43.0. The van der Waals surface area contributed by atoms with Crippen molar-refractivity contribution in [2.75, 3.05) is 21.0 Å². The maximum atomic E-state index is 14.0. The summed E-state index contributed by atoms with van der Waals surface area (Å²) < 4.78 is 57.0. The summed E-state index contributed by atoms with van der Waals surface area (Å²) >= 11 is 0. The first-order valence-corrected chi connectivity index (χ1v) is 27.0. The smallest absolute Gasteiger partial charge is 0.305 e. The Hall–Kier alpha value is -3.50. The number of benzene rings is 2. The molecule has 5 rings (SSSR count). The number of carbonyl (C=O) groups excluding carboxylic acids is 1. The van der Waals surface area contributed by atoms with Crippen LogP contribution >= 0.6 is 0 Å². The fraction of sp³-hybridized carbons (Fsp3) is 0.630. The zero-order valence-electron chi connectivity index (χ0n) is 42.0. The van der Waals surface area contributed by atoms with Crippen LogP contribution in [0.1, 0.15) is 117 Å². The highest BCUT2D eigenvalue weighted by Gasteiger charge is 2.55. The van der Waals surface area contributed by atoms with Crippen LogP contribution < -0.4 is 4.74 Å². The molecule has 0 aromatic heterocycles. The van der Waals surface area contributed by atoms with Gasteiger partial charge in [0.25, 0.3) is 0 Å². The number of hydrogen-bond acceptors (Lipinski definition) is 11. The molecule has 67 heavy (non-hydrogen) atoms. The van der Waals surface area contributed by atoms with Gasteiger partial charge in [-0.3, -0.25) is 9.59 Å². The predicted molar refractivity (Wildman–Crippen MR) is 262 cm³/mol. The Kier molecular flexibility index (Phi) is 19.8. The van der Waals surface area contributed by atoms with Crippen molar-refractivity contribution in [1.29, 1.82) is 0 Å². The van der Waals surface area contributed by atoms with Crippen molar-refractivity contribution in [1.82, 2.24) is 0 Å². The fourth-order valence-electron chi connectivity index (χ4n) is 9.11. The number of Topliss-reactive ketones (excluding diaryl/α,β-unsaturated/α-hetero) is 1. The van der Waals surface area contributed by atoms with Crippen molar-refractivity contribution in [3.63, 3.8) is 0 Å². The van der Waals surface area contributed by atoms with Crippen molar-refractivity contribution < 1.29 is 57.0 Å². The van der Waals surface area contributed by atoms with Gasteiger partial charge in [-0.1, -0.05) is 114 Å². The van der Waals surface area contributed by atoms with E-state index < -0.39 is 31.6 Å². The largest absolute Gasteiger partial charge is 0.497 e. The quantitative estimate of drug-likeness (QED) is 0.0464. The van der Waals surface area contributed by atoms with Gasteiger partial charge in [-0.15, -0.1) is 0 Å². The van der Waals surface area contributed by atoms with Crippen LogP contribution in [0.4, 0.5) is 0 Å². The van der Waals surface area contributed by atoms with E-state index in [4.69, 9.17) is 42.3 Å². The molecule has 0 saturated carbocycles. The summed E-state index contributed by atoms with van der Waals surface area (Å²) in [5, 5.41) is 9.67. The van der Waals surface area contributed by atoms with Gasteiger partial charge >= 0.3 is 5.97 Å². The molecule has 9 atom stereocenters. The number of carbonyl (C=O) groups is 2. The highest BCUT2D eigenvalue weighted by molar-refractivity contribution is 6.74. The Bertz CT molecular complexity index is 1940. The molecular weight excluding hydrogens is 869 g/mol. The van der Waals surface area contributed by atoms with E-state index in [2.05, 4.69) is 47.0 Å². The Morgan fingerprint density at radius 1 is 0.866 bits per heavy atom. The first-order valence-electron chi connectivity index (χ1n) is 24.1. The number of ether oxygens (including phenoxy) is 8. The Balaban J connectivity index is 1.21. The van der Waals surface area contributed by atoms with Gasteiger partial charge in [0.05, 0.1) is 75.6 Å². The molecule has 0 aliphatic carbocycles. The molecule has 3 saturated heterocycles. The minimum Gasteiger partial charge on any atom is -0.497 e. The number of methoxy groups -OCH3 is 2. The normalized spacial score (nSPS) is 25.8. The summed E-state index contributed by atoms with van der Waals surface area (Å²) in [5.74, 6) is -1.82. The van der Waals surface area contributed by atoms with Gasteiger partial charge in [0.15, 0.2) is 14.1 Å². The van der Waals surface area contributed by atoms with Crippen LogP contribution in [-0.4, -0.2) is 101 Å². The molecule has 3 aliphatic heterocycles. The predicted octanol–water partition coefficient (Wildman–Crippen LogP) is 11.1. The molecular formula is C54H80O12Si. The third-order valence-electron chi connectivity index (χ3n) is 13.9. The number of rotatable bonds is 24. The van der Waals surface area contributed by atoms with Crippen molar-refractivity contribution in [2.24, 2.45) is 5.41 Å². The Morgan fingerprint density at radius 3 is 2.15 bits per heavy atom. The van der Waals surface area contributed by atoms with Gasteiger partial charge in [0, 0.05) is 38.2 Å². The summed E-state index contributed by atoms with van der Waals surface area (Å²) in [4.78, 5) is 25.9. The molecule has 2 aromatic carbocycles. The summed E-state index contributed by atoms with van der Waals surface area (Å²) in [6.45, 7) is 26.7.